The number of halogens is 1. The zero-order chi connectivity index (χ0) is 17.1. The molecule has 1 N–H and O–H groups in total. The largest absolute Gasteiger partial charge is 0.335 e. The Hall–Kier alpha value is -2.55. The van der Waals surface area contributed by atoms with Crippen LogP contribution in [-0.4, -0.2) is 51.6 Å². The van der Waals surface area contributed by atoms with Crippen LogP contribution in [0.15, 0.2) is 24.3 Å². The number of benzene rings is 1. The molecule has 0 aliphatic carbocycles. The molecular weight excluding hydrogens is 333 g/mol. The number of urea groups is 1. The summed E-state index contributed by atoms with van der Waals surface area (Å²) >= 11 is 1.27. The van der Waals surface area contributed by atoms with E-state index in [2.05, 4.69) is 15.5 Å². The SMILES string of the molecule is Cc1nnc(NC(=O)N2CCN(Cc3cccc(F)c3)C(=O)C2)s1. The molecule has 9 heteroatoms. The van der Waals surface area contributed by atoms with E-state index in [1.165, 1.54) is 28.4 Å². The van der Waals surface area contributed by atoms with Crippen LogP contribution < -0.4 is 5.32 Å². The fourth-order valence-electron chi connectivity index (χ4n) is 2.42. The fraction of sp³-hybridized carbons (Fsp3) is 0.333. The Morgan fingerprint density at radius 2 is 2.21 bits per heavy atom. The summed E-state index contributed by atoms with van der Waals surface area (Å²) in [5, 5.41) is 11.5. The molecule has 7 nitrogen and oxygen atoms in total. The zero-order valence-corrected chi connectivity index (χ0v) is 13.8. The predicted octanol–water partition coefficient (Wildman–Crippen LogP) is 1.86. The second kappa shape index (κ2) is 6.91. The third-order valence-electron chi connectivity index (χ3n) is 3.61. The number of carbonyl (C=O) groups excluding carboxylic acids is 2. The van der Waals surface area contributed by atoms with E-state index in [-0.39, 0.29) is 24.3 Å². The molecule has 3 amide bonds. The van der Waals surface area contributed by atoms with Gasteiger partial charge in [0, 0.05) is 19.6 Å². The van der Waals surface area contributed by atoms with Crippen molar-refractivity contribution in [2.24, 2.45) is 0 Å². The monoisotopic (exact) mass is 349 g/mol. The Balaban J connectivity index is 1.56. The van der Waals surface area contributed by atoms with Gasteiger partial charge < -0.3 is 9.80 Å². The minimum absolute atomic E-state index is 0.0149. The van der Waals surface area contributed by atoms with Crippen molar-refractivity contribution < 1.29 is 14.0 Å². The second-order valence-corrected chi connectivity index (χ2v) is 6.60. The van der Waals surface area contributed by atoms with Crippen molar-refractivity contribution >= 4 is 28.4 Å². The molecule has 1 saturated heterocycles. The maximum absolute atomic E-state index is 13.2. The van der Waals surface area contributed by atoms with Gasteiger partial charge in [0.15, 0.2) is 0 Å². The summed E-state index contributed by atoms with van der Waals surface area (Å²) in [5.74, 6) is -0.501. The van der Waals surface area contributed by atoms with Crippen LogP contribution in [0.4, 0.5) is 14.3 Å². The first-order valence-electron chi connectivity index (χ1n) is 7.39. The van der Waals surface area contributed by atoms with E-state index >= 15 is 0 Å². The van der Waals surface area contributed by atoms with Crippen molar-refractivity contribution in [2.75, 3.05) is 25.0 Å². The third kappa shape index (κ3) is 3.85. The van der Waals surface area contributed by atoms with Gasteiger partial charge in [-0.25, -0.2) is 9.18 Å². The highest BCUT2D eigenvalue weighted by molar-refractivity contribution is 7.15. The predicted molar refractivity (Wildman–Crippen MR) is 87.1 cm³/mol. The number of rotatable bonds is 3. The quantitative estimate of drug-likeness (QED) is 0.917. The maximum atomic E-state index is 13.2. The van der Waals surface area contributed by atoms with E-state index < -0.39 is 0 Å². The average Bonchev–Trinajstić information content (AvgIpc) is 2.94. The van der Waals surface area contributed by atoms with Crippen LogP contribution in [0.1, 0.15) is 10.6 Å². The van der Waals surface area contributed by atoms with Crippen LogP contribution in [0.2, 0.25) is 0 Å². The molecule has 126 valence electrons. The number of hydrogen-bond acceptors (Lipinski definition) is 5. The highest BCUT2D eigenvalue weighted by Crippen LogP contribution is 2.16. The topological polar surface area (TPSA) is 78.4 Å². The van der Waals surface area contributed by atoms with Crippen LogP contribution in [-0.2, 0) is 11.3 Å². The molecule has 0 bridgehead atoms. The summed E-state index contributed by atoms with van der Waals surface area (Å²) in [6.07, 6.45) is 0. The molecule has 1 aliphatic rings. The van der Waals surface area contributed by atoms with E-state index in [0.717, 1.165) is 10.6 Å². The number of aromatic nitrogens is 2. The summed E-state index contributed by atoms with van der Waals surface area (Å²) in [6, 6.07) is 5.79. The molecule has 0 unspecified atom stereocenters. The molecule has 0 atom stereocenters. The Bertz CT molecular complexity index is 766. The van der Waals surface area contributed by atoms with Gasteiger partial charge in [0.2, 0.25) is 11.0 Å². The lowest BCUT2D eigenvalue weighted by Gasteiger charge is -2.34. The van der Waals surface area contributed by atoms with Crippen molar-refractivity contribution in [2.45, 2.75) is 13.5 Å². The van der Waals surface area contributed by atoms with Crippen LogP contribution in [0.25, 0.3) is 0 Å². The Morgan fingerprint density at radius 1 is 1.38 bits per heavy atom. The lowest BCUT2D eigenvalue weighted by atomic mass is 10.2. The molecule has 0 saturated carbocycles. The van der Waals surface area contributed by atoms with Gasteiger partial charge in [-0.05, 0) is 24.6 Å². The first-order valence-corrected chi connectivity index (χ1v) is 8.21. The maximum Gasteiger partial charge on any atom is 0.324 e. The average molecular weight is 349 g/mol. The minimum atomic E-state index is -0.370. The lowest BCUT2D eigenvalue weighted by Crippen LogP contribution is -2.52. The van der Waals surface area contributed by atoms with E-state index in [1.807, 2.05) is 0 Å². The number of carbonyl (C=O) groups is 2. The van der Waals surface area contributed by atoms with Crippen molar-refractivity contribution in [3.05, 3.63) is 40.7 Å². The molecule has 1 aromatic carbocycles. The molecule has 2 aromatic rings. The first-order chi connectivity index (χ1) is 11.5. The van der Waals surface area contributed by atoms with Gasteiger partial charge in [0.25, 0.3) is 0 Å². The van der Waals surface area contributed by atoms with E-state index in [9.17, 15) is 14.0 Å². The van der Waals surface area contributed by atoms with Crippen molar-refractivity contribution in [1.29, 1.82) is 0 Å². The number of hydrogen-bond donors (Lipinski definition) is 1. The summed E-state index contributed by atoms with van der Waals surface area (Å²) in [7, 11) is 0. The number of aryl methyl sites for hydroxylation is 1. The van der Waals surface area contributed by atoms with E-state index in [0.29, 0.717) is 24.8 Å². The van der Waals surface area contributed by atoms with Crippen LogP contribution in [0.5, 0.6) is 0 Å². The molecule has 3 rings (SSSR count). The van der Waals surface area contributed by atoms with Gasteiger partial charge in [-0.3, -0.25) is 10.1 Å². The smallest absolute Gasteiger partial charge is 0.324 e. The molecule has 2 heterocycles. The number of nitrogens with one attached hydrogen (secondary N) is 1. The van der Waals surface area contributed by atoms with Crippen molar-refractivity contribution in [3.63, 3.8) is 0 Å². The molecule has 0 radical (unpaired) electrons. The summed E-state index contributed by atoms with van der Waals surface area (Å²) in [5.41, 5.74) is 0.727. The van der Waals surface area contributed by atoms with Gasteiger partial charge in [-0.2, -0.15) is 0 Å². The van der Waals surface area contributed by atoms with Crippen LogP contribution >= 0.6 is 11.3 Å². The lowest BCUT2D eigenvalue weighted by molar-refractivity contribution is -0.135. The van der Waals surface area contributed by atoms with Gasteiger partial charge in [0.05, 0.1) is 0 Å². The standard InChI is InChI=1S/C15H16FN5O2S/c1-10-18-19-14(24-10)17-15(23)21-6-5-20(13(22)9-21)8-11-3-2-4-12(16)7-11/h2-4,7H,5-6,8-9H2,1H3,(H,17,19,23). The summed E-state index contributed by atoms with van der Waals surface area (Å²) < 4.78 is 13.2. The highest BCUT2D eigenvalue weighted by atomic mass is 32.1. The molecule has 1 aliphatic heterocycles. The normalized spacial score (nSPS) is 14.8. The molecule has 1 fully saturated rings. The Labute approximate surface area is 142 Å². The van der Waals surface area contributed by atoms with E-state index in [4.69, 9.17) is 0 Å². The van der Waals surface area contributed by atoms with Gasteiger partial charge >= 0.3 is 6.03 Å². The van der Waals surface area contributed by atoms with Crippen LogP contribution in [0, 0.1) is 12.7 Å². The third-order valence-corrected chi connectivity index (χ3v) is 4.36. The second-order valence-electron chi connectivity index (χ2n) is 5.42. The molecular formula is C15H16FN5O2S. The van der Waals surface area contributed by atoms with Crippen LogP contribution in [0.3, 0.4) is 0 Å². The Morgan fingerprint density at radius 3 is 2.88 bits per heavy atom. The molecule has 0 spiro atoms. The number of amides is 3. The minimum Gasteiger partial charge on any atom is -0.335 e. The van der Waals surface area contributed by atoms with Crippen molar-refractivity contribution in [1.82, 2.24) is 20.0 Å². The fourth-order valence-corrected chi connectivity index (χ4v) is 3.00. The Kier molecular flexibility index (Phi) is 4.70. The van der Waals surface area contributed by atoms with Gasteiger partial charge in [-0.1, -0.05) is 23.5 Å². The number of piperazine rings is 1. The first kappa shape index (κ1) is 16.3. The number of nitrogens with zero attached hydrogens (tertiary/aromatic N) is 4. The summed E-state index contributed by atoms with van der Waals surface area (Å²) in [4.78, 5) is 27.5. The van der Waals surface area contributed by atoms with Crippen molar-refractivity contribution in [3.8, 4) is 0 Å². The molecule has 1 aromatic heterocycles. The zero-order valence-electron chi connectivity index (χ0n) is 13.0. The highest BCUT2D eigenvalue weighted by Gasteiger charge is 2.27. The summed E-state index contributed by atoms with van der Waals surface area (Å²) in [6.45, 7) is 2.92. The van der Waals surface area contributed by atoms with Gasteiger partial charge in [-0.15, -0.1) is 10.2 Å². The molecule has 24 heavy (non-hydrogen) atoms. The number of anilines is 1. The van der Waals surface area contributed by atoms with E-state index in [1.54, 1.807) is 24.0 Å². The van der Waals surface area contributed by atoms with Gasteiger partial charge in [0.1, 0.15) is 17.4 Å².